The predicted molar refractivity (Wildman–Crippen MR) is 236 cm³/mol. The molecular weight excluding hydrogens is 781 g/mol. The monoisotopic (exact) mass is 838 g/mol. The van der Waals surface area contributed by atoms with Crippen molar-refractivity contribution in [3.63, 3.8) is 0 Å². The first kappa shape index (κ1) is 45.5. The molecule has 0 heterocycles. The Morgan fingerprint density at radius 2 is 1.12 bits per heavy atom. The second-order valence-corrected chi connectivity index (χ2v) is 18.3. The van der Waals surface area contributed by atoms with E-state index in [-0.39, 0.29) is 24.6 Å². The Hall–Kier alpha value is -5.59. The molecular formula is C48H58N2O9S. The van der Waals surface area contributed by atoms with Crippen molar-refractivity contribution in [3.05, 3.63) is 125 Å². The summed E-state index contributed by atoms with van der Waals surface area (Å²) in [5, 5.41) is 1.68. The Kier molecular flexibility index (Phi) is 14.9. The summed E-state index contributed by atoms with van der Waals surface area (Å²) in [6.07, 6.45) is 0.691. The van der Waals surface area contributed by atoms with Gasteiger partial charge in [0.15, 0.2) is 0 Å². The van der Waals surface area contributed by atoms with Crippen molar-refractivity contribution < 1.29 is 41.1 Å². The van der Waals surface area contributed by atoms with Crippen molar-refractivity contribution in [2.75, 3.05) is 43.7 Å². The number of ether oxygens (including phenoxy) is 4. The maximum atomic E-state index is 13.7. The lowest BCUT2D eigenvalue weighted by molar-refractivity contribution is -0.154. The molecule has 0 saturated heterocycles. The summed E-state index contributed by atoms with van der Waals surface area (Å²) in [6.45, 7) is 13.4. The van der Waals surface area contributed by atoms with E-state index in [2.05, 4.69) is 0 Å². The third-order valence-corrected chi connectivity index (χ3v) is 10.7. The number of fused-ring (bicyclic) bond motifs is 1. The van der Waals surface area contributed by atoms with E-state index in [4.69, 9.17) is 23.1 Å². The lowest BCUT2D eigenvalue weighted by atomic mass is 9.96. The van der Waals surface area contributed by atoms with Crippen molar-refractivity contribution in [2.45, 2.75) is 90.5 Å². The topological polar surface area (TPSA) is 121 Å². The number of hydrogen-bond donors (Lipinski definition) is 0. The van der Waals surface area contributed by atoms with E-state index in [0.717, 1.165) is 44.4 Å². The molecule has 0 N–H and O–H groups in total. The third kappa shape index (κ3) is 13.0. The average Bonchev–Trinajstić information content (AvgIpc) is 3.18. The fourth-order valence-electron chi connectivity index (χ4n) is 6.83. The maximum absolute atomic E-state index is 13.7. The molecule has 0 atom stereocenters. The van der Waals surface area contributed by atoms with E-state index >= 15 is 0 Å². The Balaban J connectivity index is 1.66. The molecule has 0 radical (unpaired) electrons. The highest BCUT2D eigenvalue weighted by molar-refractivity contribution is 7.86. The number of carbonyl (C=O) groups is 2. The number of methoxy groups -OCH3 is 2. The van der Waals surface area contributed by atoms with Crippen molar-refractivity contribution in [2.24, 2.45) is 0 Å². The number of anilines is 2. The minimum atomic E-state index is -4.01. The van der Waals surface area contributed by atoms with Gasteiger partial charge in [-0.15, -0.1) is 0 Å². The molecule has 0 bridgehead atoms. The third-order valence-electron chi connectivity index (χ3n) is 9.41. The summed E-state index contributed by atoms with van der Waals surface area (Å²) < 4.78 is 54.5. The molecule has 0 aliphatic carbocycles. The summed E-state index contributed by atoms with van der Waals surface area (Å²) in [5.74, 6) is 0.610. The van der Waals surface area contributed by atoms with Gasteiger partial charge in [-0.05, 0) is 120 Å². The van der Waals surface area contributed by atoms with Gasteiger partial charge in [0.2, 0.25) is 0 Å². The number of rotatable bonds is 18. The summed E-state index contributed by atoms with van der Waals surface area (Å²) in [6, 6.07) is 31.8. The number of esters is 2. The van der Waals surface area contributed by atoms with E-state index in [1.165, 1.54) is 12.1 Å². The molecule has 0 amide bonds. The van der Waals surface area contributed by atoms with Gasteiger partial charge in [-0.25, -0.2) is 0 Å². The molecule has 0 fully saturated rings. The van der Waals surface area contributed by atoms with Crippen LogP contribution >= 0.6 is 0 Å². The molecule has 11 nitrogen and oxygen atoms in total. The van der Waals surface area contributed by atoms with Crippen LogP contribution in [0.1, 0.15) is 70.2 Å². The summed E-state index contributed by atoms with van der Waals surface area (Å²) >= 11 is 0. The zero-order valence-electron chi connectivity index (χ0n) is 36.2. The molecule has 0 unspecified atom stereocenters. The molecule has 0 saturated carbocycles. The summed E-state index contributed by atoms with van der Waals surface area (Å²) in [4.78, 5) is 31.4. The minimum Gasteiger partial charge on any atom is -0.497 e. The van der Waals surface area contributed by atoms with E-state index in [9.17, 15) is 18.0 Å². The van der Waals surface area contributed by atoms with Crippen molar-refractivity contribution >= 4 is 44.2 Å². The van der Waals surface area contributed by atoms with Gasteiger partial charge in [-0.1, -0.05) is 66.2 Å². The van der Waals surface area contributed by atoms with Crippen LogP contribution in [0.25, 0.3) is 10.8 Å². The van der Waals surface area contributed by atoms with Gasteiger partial charge >= 0.3 is 11.9 Å². The second-order valence-electron chi connectivity index (χ2n) is 16.7. The smallest absolute Gasteiger partial charge is 0.326 e. The zero-order chi connectivity index (χ0) is 43.7. The van der Waals surface area contributed by atoms with Crippen LogP contribution in [-0.2, 0) is 52.9 Å². The van der Waals surface area contributed by atoms with E-state index in [1.807, 2.05) is 137 Å². The molecule has 60 heavy (non-hydrogen) atoms. The van der Waals surface area contributed by atoms with E-state index in [1.54, 1.807) is 26.4 Å². The van der Waals surface area contributed by atoms with Crippen molar-refractivity contribution in [3.8, 4) is 11.5 Å². The van der Waals surface area contributed by atoms with Gasteiger partial charge in [0, 0.05) is 35.2 Å². The molecule has 5 rings (SSSR count). The van der Waals surface area contributed by atoms with Gasteiger partial charge in [0.05, 0.1) is 25.7 Å². The van der Waals surface area contributed by atoms with Gasteiger partial charge in [0.1, 0.15) is 35.8 Å². The first-order valence-corrected chi connectivity index (χ1v) is 21.4. The van der Waals surface area contributed by atoms with Crippen LogP contribution in [0, 0.1) is 6.92 Å². The Morgan fingerprint density at radius 1 is 0.633 bits per heavy atom. The van der Waals surface area contributed by atoms with Crippen LogP contribution in [0.3, 0.4) is 0 Å². The average molecular weight is 839 g/mol. The molecule has 5 aromatic rings. The van der Waals surface area contributed by atoms with Crippen molar-refractivity contribution in [1.29, 1.82) is 0 Å². The fourth-order valence-corrected chi connectivity index (χ4v) is 7.77. The normalized spacial score (nSPS) is 11.9. The lowest BCUT2D eigenvalue weighted by Gasteiger charge is -2.33. The van der Waals surface area contributed by atoms with Crippen LogP contribution in [-0.4, -0.2) is 65.5 Å². The summed E-state index contributed by atoms with van der Waals surface area (Å²) in [5.41, 5.74) is 3.74. The quantitative estimate of drug-likeness (QED) is 0.0477. The first-order valence-electron chi connectivity index (χ1n) is 20.0. The van der Waals surface area contributed by atoms with Crippen LogP contribution in [0.15, 0.2) is 108 Å². The molecule has 12 heteroatoms. The number of hydrogen-bond acceptors (Lipinski definition) is 11. The van der Waals surface area contributed by atoms with Crippen LogP contribution < -0.4 is 19.3 Å². The number of benzene rings is 5. The predicted octanol–water partition coefficient (Wildman–Crippen LogP) is 9.20. The first-order chi connectivity index (χ1) is 28.3. The Labute approximate surface area is 355 Å². The molecule has 320 valence electrons. The Bertz CT molecular complexity index is 2330. The lowest BCUT2D eigenvalue weighted by Crippen LogP contribution is -2.36. The molecule has 5 aromatic carbocycles. The maximum Gasteiger partial charge on any atom is 0.326 e. The molecule has 0 aliphatic rings. The van der Waals surface area contributed by atoms with E-state index in [0.29, 0.717) is 37.4 Å². The van der Waals surface area contributed by atoms with Crippen molar-refractivity contribution in [1.82, 2.24) is 0 Å². The largest absolute Gasteiger partial charge is 0.497 e. The minimum absolute atomic E-state index is 0.0581. The zero-order valence-corrected chi connectivity index (χ0v) is 37.1. The number of carbonyl (C=O) groups excluding carboxylic acids is 2. The van der Waals surface area contributed by atoms with Gasteiger partial charge in [-0.2, -0.15) is 8.42 Å². The number of nitrogens with zero attached hydrogens (tertiary/aromatic N) is 2. The molecule has 0 aliphatic heterocycles. The van der Waals surface area contributed by atoms with Crippen LogP contribution in [0.2, 0.25) is 0 Å². The summed E-state index contributed by atoms with van der Waals surface area (Å²) in [7, 11) is -0.787. The van der Waals surface area contributed by atoms with E-state index < -0.39 is 33.3 Å². The van der Waals surface area contributed by atoms with Gasteiger partial charge in [0.25, 0.3) is 10.1 Å². The second kappa shape index (κ2) is 19.6. The highest BCUT2D eigenvalue weighted by Gasteiger charge is 2.27. The molecule has 0 spiro atoms. The van der Waals surface area contributed by atoms with Gasteiger partial charge in [-0.3, -0.25) is 13.8 Å². The highest BCUT2D eigenvalue weighted by Crippen LogP contribution is 2.40. The Morgan fingerprint density at radius 3 is 1.62 bits per heavy atom. The number of aryl methyl sites for hydroxylation is 2. The SMILES string of the molecule is COc1ccc(CN(CC(=O)OC(C)(C)C)c2cc(CCCOS(=O)(=O)c3ccc(C)cc3)c(N(CC(=O)OC(C)(C)C)Cc3ccc(OC)cc3)c3ccccc23)cc1. The highest BCUT2D eigenvalue weighted by atomic mass is 32.2. The van der Waals surface area contributed by atoms with Crippen LogP contribution in [0.4, 0.5) is 11.4 Å². The standard InChI is InChI=1S/C48H58N2O9S/c1-34-16-26-40(27-17-34)60(53,54)57-28-12-13-37-29-43(49(32-44(51)58-47(2,3)4)30-35-18-22-38(55-8)23-19-35)41-14-10-11-15-42(41)46(37)50(33-45(52)59-48(5,6)7)31-36-20-24-39(56-9)25-21-36/h10-11,14-27,29H,12-13,28,30-33H2,1-9H3. The fraction of sp³-hybridized carbons (Fsp3) is 0.375. The van der Waals surface area contributed by atoms with Gasteiger partial charge < -0.3 is 28.7 Å². The molecule has 0 aromatic heterocycles. The van der Waals surface area contributed by atoms with Crippen LogP contribution in [0.5, 0.6) is 11.5 Å².